The molecule has 0 spiro atoms. The highest BCUT2D eigenvalue weighted by molar-refractivity contribution is 7.13. The number of thiazole rings is 1. The molecule has 1 aliphatic rings. The first-order valence-electron chi connectivity index (χ1n) is 8.52. The van der Waals surface area contributed by atoms with Crippen LogP contribution in [0.15, 0.2) is 47.2 Å². The van der Waals surface area contributed by atoms with Gasteiger partial charge in [-0.05, 0) is 35.4 Å². The Morgan fingerprint density at radius 2 is 1.97 bits per heavy atom. The summed E-state index contributed by atoms with van der Waals surface area (Å²) in [6.45, 7) is 0. The van der Waals surface area contributed by atoms with E-state index in [1.54, 1.807) is 0 Å². The number of guanidine groups is 1. The first-order chi connectivity index (χ1) is 14.3. The number of aliphatic imine (C=N–C) groups is 1. The van der Waals surface area contributed by atoms with Crippen molar-refractivity contribution in [2.45, 2.75) is 12.0 Å². The summed E-state index contributed by atoms with van der Waals surface area (Å²) in [5, 5.41) is 0. The van der Waals surface area contributed by atoms with Crippen molar-refractivity contribution in [2.24, 2.45) is 10.7 Å². The van der Waals surface area contributed by atoms with E-state index in [1.807, 2.05) is 0 Å². The van der Waals surface area contributed by atoms with Crippen LogP contribution in [-0.4, -0.2) is 33.8 Å². The zero-order valence-electron chi connectivity index (χ0n) is 15.3. The Hall–Kier alpha value is -3.34. The number of nitrogens with zero attached hydrogens (tertiary/aromatic N) is 4. The molecule has 0 bridgehead atoms. The van der Waals surface area contributed by atoms with Crippen LogP contribution in [0, 0.1) is 11.6 Å². The number of amides is 1. The summed E-state index contributed by atoms with van der Waals surface area (Å²) >= 11 is 1.07. The minimum absolute atomic E-state index is 0.00589. The summed E-state index contributed by atoms with van der Waals surface area (Å²) in [5.74, 6) is -3.25. The summed E-state index contributed by atoms with van der Waals surface area (Å²) in [4.78, 5) is 26.2. The van der Waals surface area contributed by atoms with Crippen molar-refractivity contribution in [2.75, 3.05) is 7.05 Å². The Balaban J connectivity index is 2.02. The molecular weight excluding hydrogens is 422 g/mol. The maximum atomic E-state index is 14.6. The number of likely N-dealkylation sites (N-methyl/N-ethyl adjacent to an activating group) is 1. The monoisotopic (exact) mass is 435 g/mol. The first kappa shape index (κ1) is 20.0. The zero-order valence-corrected chi connectivity index (χ0v) is 16.1. The van der Waals surface area contributed by atoms with Crippen LogP contribution < -0.4 is 5.73 Å². The summed E-state index contributed by atoms with van der Waals surface area (Å²) < 4.78 is 55.6. The molecule has 3 aromatic rings. The van der Waals surface area contributed by atoms with Crippen LogP contribution in [0.2, 0.25) is 0 Å². The third-order valence-electron chi connectivity index (χ3n) is 4.81. The largest absolute Gasteiger partial charge is 0.369 e. The number of carbonyl (C=O) groups excluding carboxylic acids is 1. The molecule has 1 aliphatic heterocycles. The molecule has 0 aliphatic carbocycles. The van der Waals surface area contributed by atoms with E-state index in [0.717, 1.165) is 34.6 Å². The Morgan fingerprint density at radius 3 is 2.57 bits per heavy atom. The van der Waals surface area contributed by atoms with Gasteiger partial charge in [0, 0.05) is 25.0 Å². The molecule has 154 valence electrons. The van der Waals surface area contributed by atoms with Gasteiger partial charge in [0.15, 0.2) is 23.1 Å². The number of benzene rings is 1. The average Bonchev–Trinajstić information content (AvgIpc) is 3.34. The van der Waals surface area contributed by atoms with Crippen molar-refractivity contribution >= 4 is 23.2 Å². The van der Waals surface area contributed by atoms with Crippen LogP contribution in [0.25, 0.3) is 10.4 Å². The second-order valence-corrected chi connectivity index (χ2v) is 7.39. The molecule has 6 nitrogen and oxygen atoms in total. The number of aromatic nitrogens is 2. The minimum atomic E-state index is -2.91. The number of nitrogens with two attached hydrogens (primary N) is 1. The number of rotatable bonds is 4. The number of pyridine rings is 1. The van der Waals surface area contributed by atoms with Crippen LogP contribution in [0.5, 0.6) is 0 Å². The molecule has 1 aromatic carbocycles. The first-order valence-corrected chi connectivity index (χ1v) is 9.40. The van der Waals surface area contributed by atoms with Crippen LogP contribution in [0.3, 0.4) is 0 Å². The topological polar surface area (TPSA) is 84.5 Å². The Morgan fingerprint density at radius 1 is 1.20 bits per heavy atom. The SMILES string of the molecule is CN1C(=O)C(c2ccnc(C(F)F)c2)(c2cc(F)c(F)c(-c3cncs3)c2)N=C1N. The van der Waals surface area contributed by atoms with E-state index in [9.17, 15) is 22.4 Å². The molecule has 11 heteroatoms. The number of alkyl halides is 2. The fraction of sp³-hybridized carbons (Fsp3) is 0.158. The van der Waals surface area contributed by atoms with Gasteiger partial charge < -0.3 is 5.73 Å². The fourth-order valence-electron chi connectivity index (χ4n) is 3.30. The van der Waals surface area contributed by atoms with Crippen LogP contribution in [0.1, 0.15) is 23.2 Å². The molecule has 30 heavy (non-hydrogen) atoms. The lowest BCUT2D eigenvalue weighted by molar-refractivity contribution is -0.129. The molecule has 0 saturated carbocycles. The Bertz CT molecular complexity index is 1170. The maximum Gasteiger partial charge on any atom is 0.280 e. The second kappa shape index (κ2) is 7.17. The highest BCUT2D eigenvalue weighted by Crippen LogP contribution is 2.42. The van der Waals surface area contributed by atoms with E-state index in [4.69, 9.17) is 5.73 Å². The van der Waals surface area contributed by atoms with E-state index in [2.05, 4.69) is 15.0 Å². The highest BCUT2D eigenvalue weighted by Gasteiger charge is 2.50. The molecule has 0 saturated heterocycles. The smallest absolute Gasteiger partial charge is 0.280 e. The van der Waals surface area contributed by atoms with E-state index >= 15 is 0 Å². The molecule has 2 aromatic heterocycles. The average molecular weight is 435 g/mol. The van der Waals surface area contributed by atoms with E-state index in [0.29, 0.717) is 4.88 Å². The molecule has 1 amide bonds. The van der Waals surface area contributed by atoms with Crippen molar-refractivity contribution in [1.82, 2.24) is 14.9 Å². The third-order valence-corrected chi connectivity index (χ3v) is 5.61. The molecule has 3 heterocycles. The lowest BCUT2D eigenvalue weighted by atomic mass is 9.82. The van der Waals surface area contributed by atoms with Crippen LogP contribution in [0.4, 0.5) is 17.6 Å². The van der Waals surface area contributed by atoms with Crippen molar-refractivity contribution in [1.29, 1.82) is 0 Å². The van der Waals surface area contributed by atoms with Gasteiger partial charge in [-0.2, -0.15) is 0 Å². The lowest BCUT2D eigenvalue weighted by Gasteiger charge is -2.27. The molecule has 1 atom stereocenters. The van der Waals surface area contributed by atoms with Gasteiger partial charge in [0.05, 0.1) is 10.4 Å². The molecule has 2 N–H and O–H groups in total. The van der Waals surface area contributed by atoms with Crippen molar-refractivity contribution in [3.63, 3.8) is 0 Å². The number of carbonyl (C=O) groups is 1. The highest BCUT2D eigenvalue weighted by atomic mass is 32.1. The molecular formula is C19H13F4N5OS. The van der Waals surface area contributed by atoms with Gasteiger partial charge in [-0.1, -0.05) is 0 Å². The minimum Gasteiger partial charge on any atom is -0.369 e. The molecule has 0 radical (unpaired) electrons. The zero-order chi connectivity index (χ0) is 21.6. The van der Waals surface area contributed by atoms with Gasteiger partial charge in [0.2, 0.25) is 0 Å². The van der Waals surface area contributed by atoms with Crippen molar-refractivity contribution in [3.05, 3.63) is 70.6 Å². The number of hydrogen-bond acceptors (Lipinski definition) is 6. The summed E-state index contributed by atoms with van der Waals surface area (Å²) in [6.07, 6.45) is -0.462. The molecule has 1 unspecified atom stereocenters. The standard InChI is InChI=1S/C19H13F4N5OS/c1-28-17(29)19(27-18(28)24,9-2-3-26-13(6-9)16(22)23)10-4-11(14-7-25-8-30-14)15(21)12(20)5-10/h2-8,16H,1H3,(H2,24,27). The third kappa shape index (κ3) is 2.93. The molecule has 0 fully saturated rings. The second-order valence-electron chi connectivity index (χ2n) is 6.50. The van der Waals surface area contributed by atoms with E-state index in [-0.39, 0.29) is 22.6 Å². The number of hydrogen-bond donors (Lipinski definition) is 1. The molecule has 4 rings (SSSR count). The normalized spacial score (nSPS) is 18.9. The van der Waals surface area contributed by atoms with Gasteiger partial charge in [-0.15, -0.1) is 11.3 Å². The lowest BCUT2D eigenvalue weighted by Crippen LogP contribution is -2.41. The van der Waals surface area contributed by atoms with E-state index in [1.165, 1.54) is 30.9 Å². The van der Waals surface area contributed by atoms with Crippen molar-refractivity contribution < 1.29 is 22.4 Å². The van der Waals surface area contributed by atoms with Gasteiger partial charge in [0.1, 0.15) is 5.69 Å². The maximum absolute atomic E-state index is 14.6. The van der Waals surface area contributed by atoms with E-state index < -0.39 is 35.2 Å². The summed E-state index contributed by atoms with van der Waals surface area (Å²) in [6, 6.07) is 4.39. The van der Waals surface area contributed by atoms with Gasteiger partial charge in [-0.25, -0.2) is 22.6 Å². The van der Waals surface area contributed by atoms with Crippen LogP contribution in [-0.2, 0) is 10.3 Å². The fourth-order valence-corrected chi connectivity index (χ4v) is 3.94. The summed E-state index contributed by atoms with van der Waals surface area (Å²) in [5.41, 5.74) is 4.52. The Kier molecular flexibility index (Phi) is 4.77. The predicted molar refractivity (Wildman–Crippen MR) is 102 cm³/mol. The predicted octanol–water partition coefficient (Wildman–Crippen LogP) is 3.45. The quantitative estimate of drug-likeness (QED) is 0.637. The van der Waals surface area contributed by atoms with Crippen molar-refractivity contribution in [3.8, 4) is 10.4 Å². The van der Waals surface area contributed by atoms with Gasteiger partial charge in [-0.3, -0.25) is 19.7 Å². The Labute approximate surface area is 171 Å². The van der Waals surface area contributed by atoms with Crippen LogP contribution >= 0.6 is 11.3 Å². The number of halogens is 4. The van der Waals surface area contributed by atoms with Gasteiger partial charge >= 0.3 is 0 Å². The summed E-state index contributed by atoms with van der Waals surface area (Å²) in [7, 11) is 1.35. The van der Waals surface area contributed by atoms with Gasteiger partial charge in [0.25, 0.3) is 12.3 Å².